The summed E-state index contributed by atoms with van der Waals surface area (Å²) in [6.45, 7) is 9.15. The topological polar surface area (TPSA) is 46.5 Å². The zero-order valence-electron chi connectivity index (χ0n) is 9.16. The lowest BCUT2D eigenvalue weighted by Crippen LogP contribution is -2.39. The largest absolute Gasteiger partial charge is 0.457 e. The summed E-state index contributed by atoms with van der Waals surface area (Å²) in [7, 11) is 0. The molecular weight excluding hydrogens is 192 g/mol. The van der Waals surface area contributed by atoms with E-state index in [1.807, 2.05) is 0 Å². The summed E-state index contributed by atoms with van der Waals surface area (Å²) in [5.74, 6) is -0.223. The normalized spacial score (nSPS) is 27.2. The summed E-state index contributed by atoms with van der Waals surface area (Å²) in [4.78, 5) is 11.0. The number of aliphatic hydroxyl groups excluding tert-OH is 1. The van der Waals surface area contributed by atoms with Gasteiger partial charge in [0, 0.05) is 6.42 Å². The molecule has 1 rings (SSSR count). The molecule has 0 aliphatic carbocycles. The number of carbonyl (C=O) groups excluding carboxylic acids is 1. The van der Waals surface area contributed by atoms with Crippen molar-refractivity contribution in [3.8, 4) is 0 Å². The predicted octanol–water partition coefficient (Wildman–Crippen LogP) is 1.97. The van der Waals surface area contributed by atoms with Crippen molar-refractivity contribution in [3.63, 3.8) is 0 Å². The van der Waals surface area contributed by atoms with Gasteiger partial charge in [-0.25, -0.2) is 0 Å². The van der Waals surface area contributed by atoms with Gasteiger partial charge in [0.05, 0.1) is 6.10 Å². The standard InChI is InChI=1S/C12H18O3/c1-4-9(2)5-6-10(13)12(3)8-7-11(14)15-12/h4,10,13H,1-2,5-8H2,3H3. The molecule has 0 aromatic heterocycles. The molecule has 1 heterocycles. The van der Waals surface area contributed by atoms with Crippen LogP contribution in [0.5, 0.6) is 0 Å². The molecule has 0 spiro atoms. The Bertz CT molecular complexity index is 283. The summed E-state index contributed by atoms with van der Waals surface area (Å²) >= 11 is 0. The van der Waals surface area contributed by atoms with Gasteiger partial charge < -0.3 is 9.84 Å². The van der Waals surface area contributed by atoms with Crippen LogP contribution in [-0.4, -0.2) is 22.8 Å². The van der Waals surface area contributed by atoms with Crippen molar-refractivity contribution in [2.45, 2.75) is 44.3 Å². The van der Waals surface area contributed by atoms with Crippen molar-refractivity contribution in [2.75, 3.05) is 0 Å². The zero-order chi connectivity index (χ0) is 11.5. The van der Waals surface area contributed by atoms with Crippen LogP contribution in [0.1, 0.15) is 32.6 Å². The van der Waals surface area contributed by atoms with Crippen LogP contribution in [0.15, 0.2) is 24.8 Å². The SMILES string of the molecule is C=CC(=C)CCC(O)C1(C)CCC(=O)O1. The number of aliphatic hydroxyl groups is 1. The van der Waals surface area contributed by atoms with E-state index < -0.39 is 11.7 Å². The molecule has 2 atom stereocenters. The number of allylic oxidation sites excluding steroid dienone is 2. The Morgan fingerprint density at radius 3 is 2.93 bits per heavy atom. The van der Waals surface area contributed by atoms with Crippen LogP contribution >= 0.6 is 0 Å². The van der Waals surface area contributed by atoms with Crippen molar-refractivity contribution >= 4 is 5.97 Å². The molecule has 1 N–H and O–H groups in total. The molecule has 0 aromatic carbocycles. The molecule has 1 aliphatic rings. The lowest BCUT2D eigenvalue weighted by Gasteiger charge is -2.28. The average Bonchev–Trinajstić information content (AvgIpc) is 2.55. The zero-order valence-corrected chi connectivity index (χ0v) is 9.16. The van der Waals surface area contributed by atoms with Crippen molar-refractivity contribution in [1.82, 2.24) is 0 Å². The summed E-state index contributed by atoms with van der Waals surface area (Å²) in [6, 6.07) is 0. The molecule has 3 nitrogen and oxygen atoms in total. The second-order valence-electron chi connectivity index (χ2n) is 4.20. The minimum absolute atomic E-state index is 0.223. The Morgan fingerprint density at radius 2 is 2.47 bits per heavy atom. The van der Waals surface area contributed by atoms with E-state index in [2.05, 4.69) is 13.2 Å². The molecule has 0 saturated carbocycles. The number of rotatable bonds is 5. The van der Waals surface area contributed by atoms with Crippen LogP contribution in [0, 0.1) is 0 Å². The fourth-order valence-corrected chi connectivity index (χ4v) is 1.68. The molecular formula is C12H18O3. The number of hydrogen-bond acceptors (Lipinski definition) is 3. The Hall–Kier alpha value is -1.09. The molecule has 2 unspecified atom stereocenters. The first-order valence-electron chi connectivity index (χ1n) is 5.18. The second kappa shape index (κ2) is 4.62. The maximum absolute atomic E-state index is 11.0. The third-order valence-corrected chi connectivity index (χ3v) is 2.90. The monoisotopic (exact) mass is 210 g/mol. The van der Waals surface area contributed by atoms with Gasteiger partial charge >= 0.3 is 5.97 Å². The highest BCUT2D eigenvalue weighted by Crippen LogP contribution is 2.31. The van der Waals surface area contributed by atoms with Crippen LogP contribution < -0.4 is 0 Å². The lowest BCUT2D eigenvalue weighted by atomic mass is 9.91. The van der Waals surface area contributed by atoms with E-state index >= 15 is 0 Å². The van der Waals surface area contributed by atoms with E-state index in [9.17, 15) is 9.90 Å². The highest BCUT2D eigenvalue weighted by Gasteiger charge is 2.41. The van der Waals surface area contributed by atoms with Crippen LogP contribution in [0.25, 0.3) is 0 Å². The summed E-state index contributed by atoms with van der Waals surface area (Å²) in [5.41, 5.74) is 0.181. The van der Waals surface area contributed by atoms with Crippen LogP contribution in [0.3, 0.4) is 0 Å². The third-order valence-electron chi connectivity index (χ3n) is 2.90. The first-order valence-corrected chi connectivity index (χ1v) is 5.18. The van der Waals surface area contributed by atoms with Gasteiger partial charge in [-0.05, 0) is 26.2 Å². The molecule has 1 aliphatic heterocycles. The van der Waals surface area contributed by atoms with Gasteiger partial charge in [-0.2, -0.15) is 0 Å². The summed E-state index contributed by atoms with van der Waals surface area (Å²) in [6.07, 6.45) is 3.27. The maximum Gasteiger partial charge on any atom is 0.306 e. The van der Waals surface area contributed by atoms with Gasteiger partial charge in [0.15, 0.2) is 0 Å². The van der Waals surface area contributed by atoms with Crippen molar-refractivity contribution in [2.24, 2.45) is 0 Å². The lowest BCUT2D eigenvalue weighted by molar-refractivity contribution is -0.156. The second-order valence-corrected chi connectivity index (χ2v) is 4.20. The molecule has 0 radical (unpaired) electrons. The Balaban J connectivity index is 2.46. The van der Waals surface area contributed by atoms with E-state index in [0.717, 1.165) is 5.57 Å². The third kappa shape index (κ3) is 2.93. The van der Waals surface area contributed by atoms with Gasteiger partial charge in [-0.3, -0.25) is 4.79 Å². The van der Waals surface area contributed by atoms with E-state index in [4.69, 9.17) is 4.74 Å². The number of ether oxygens (including phenoxy) is 1. The van der Waals surface area contributed by atoms with Crippen molar-refractivity contribution < 1.29 is 14.6 Å². The molecule has 1 fully saturated rings. The predicted molar refractivity (Wildman–Crippen MR) is 58.3 cm³/mol. The molecule has 0 amide bonds. The maximum atomic E-state index is 11.0. The number of esters is 1. The molecule has 84 valence electrons. The minimum atomic E-state index is -0.710. The van der Waals surface area contributed by atoms with Crippen LogP contribution in [0.4, 0.5) is 0 Å². The Kier molecular flexibility index (Phi) is 3.69. The van der Waals surface area contributed by atoms with Gasteiger partial charge in [-0.15, -0.1) is 0 Å². The first-order chi connectivity index (χ1) is 6.98. The first kappa shape index (κ1) is 12.0. The van der Waals surface area contributed by atoms with Gasteiger partial charge in [0.1, 0.15) is 5.60 Å². The fourth-order valence-electron chi connectivity index (χ4n) is 1.68. The van der Waals surface area contributed by atoms with Gasteiger partial charge in [0.25, 0.3) is 0 Å². The Labute approximate surface area is 90.4 Å². The quantitative estimate of drug-likeness (QED) is 0.557. The van der Waals surface area contributed by atoms with Gasteiger partial charge in [-0.1, -0.05) is 24.8 Å². The Morgan fingerprint density at radius 1 is 1.80 bits per heavy atom. The van der Waals surface area contributed by atoms with E-state index in [0.29, 0.717) is 25.7 Å². The van der Waals surface area contributed by atoms with Crippen LogP contribution in [-0.2, 0) is 9.53 Å². The number of carbonyl (C=O) groups is 1. The smallest absolute Gasteiger partial charge is 0.306 e. The molecule has 0 bridgehead atoms. The highest BCUT2D eigenvalue weighted by atomic mass is 16.6. The average molecular weight is 210 g/mol. The fraction of sp³-hybridized carbons (Fsp3) is 0.583. The van der Waals surface area contributed by atoms with E-state index in [1.54, 1.807) is 13.0 Å². The molecule has 1 saturated heterocycles. The number of cyclic esters (lactones) is 1. The van der Waals surface area contributed by atoms with Crippen molar-refractivity contribution in [3.05, 3.63) is 24.8 Å². The van der Waals surface area contributed by atoms with E-state index in [-0.39, 0.29) is 5.97 Å². The van der Waals surface area contributed by atoms with Crippen LogP contribution in [0.2, 0.25) is 0 Å². The molecule has 3 heteroatoms. The summed E-state index contributed by atoms with van der Waals surface area (Å²) < 4.78 is 5.13. The summed E-state index contributed by atoms with van der Waals surface area (Å²) in [5, 5.41) is 9.92. The van der Waals surface area contributed by atoms with Crippen molar-refractivity contribution in [1.29, 1.82) is 0 Å². The van der Waals surface area contributed by atoms with E-state index in [1.165, 1.54) is 0 Å². The highest BCUT2D eigenvalue weighted by molar-refractivity contribution is 5.72. The molecule has 15 heavy (non-hydrogen) atoms. The van der Waals surface area contributed by atoms with Gasteiger partial charge in [0.2, 0.25) is 0 Å². The molecule has 0 aromatic rings. The number of hydrogen-bond donors (Lipinski definition) is 1. The minimum Gasteiger partial charge on any atom is -0.457 e.